The summed E-state index contributed by atoms with van der Waals surface area (Å²) in [6.45, 7) is 7.96. The molecule has 116 valence electrons. The summed E-state index contributed by atoms with van der Waals surface area (Å²) in [6.07, 6.45) is 3.24. The van der Waals surface area contributed by atoms with Crippen molar-refractivity contribution in [1.29, 1.82) is 0 Å². The molecule has 0 atom stereocenters. The van der Waals surface area contributed by atoms with Gasteiger partial charge in [-0.15, -0.1) is 0 Å². The quantitative estimate of drug-likeness (QED) is 0.854. The average molecular weight is 297 g/mol. The van der Waals surface area contributed by atoms with Crippen LogP contribution in [0.4, 0.5) is 0 Å². The molecule has 0 unspecified atom stereocenters. The maximum atomic E-state index is 12.0. The Morgan fingerprint density at radius 2 is 1.59 bits per heavy atom. The lowest BCUT2D eigenvalue weighted by atomic mass is 10.1. The molecule has 1 aromatic carbocycles. The van der Waals surface area contributed by atoms with Crippen LogP contribution in [0.15, 0.2) is 48.8 Å². The normalized spacial score (nSPS) is 10.7. The summed E-state index contributed by atoms with van der Waals surface area (Å²) in [4.78, 5) is 18.2. The Morgan fingerprint density at radius 3 is 2.18 bits per heavy atom. The van der Waals surface area contributed by atoms with E-state index in [0.717, 1.165) is 25.2 Å². The van der Waals surface area contributed by atoms with Gasteiger partial charge in [0.2, 0.25) is 0 Å². The lowest BCUT2D eigenvalue weighted by Gasteiger charge is -2.18. The van der Waals surface area contributed by atoms with Crippen molar-refractivity contribution in [2.75, 3.05) is 13.1 Å². The highest BCUT2D eigenvalue weighted by molar-refractivity contribution is 5.93. The van der Waals surface area contributed by atoms with Crippen LogP contribution in [0.25, 0.3) is 0 Å². The van der Waals surface area contributed by atoms with Gasteiger partial charge >= 0.3 is 0 Å². The number of nitrogens with zero attached hydrogens (tertiary/aromatic N) is 2. The monoisotopic (exact) mass is 297 g/mol. The fourth-order valence-corrected chi connectivity index (χ4v) is 2.26. The van der Waals surface area contributed by atoms with Crippen LogP contribution in [0.2, 0.25) is 0 Å². The van der Waals surface area contributed by atoms with Crippen LogP contribution in [0.5, 0.6) is 0 Å². The second-order valence-electron chi connectivity index (χ2n) is 5.20. The zero-order valence-electron chi connectivity index (χ0n) is 13.2. The lowest BCUT2D eigenvalue weighted by Crippen LogP contribution is -2.23. The number of hydrogen-bond acceptors (Lipinski definition) is 3. The fraction of sp³-hybridized carbons (Fsp3) is 0.333. The third-order valence-corrected chi connectivity index (χ3v) is 3.72. The molecular formula is C18H23N3O. The van der Waals surface area contributed by atoms with Gasteiger partial charge in [-0.1, -0.05) is 38.1 Å². The molecule has 0 aliphatic heterocycles. The van der Waals surface area contributed by atoms with Crippen molar-refractivity contribution in [1.82, 2.24) is 15.2 Å². The molecule has 0 aliphatic rings. The molecule has 1 heterocycles. The lowest BCUT2D eigenvalue weighted by molar-refractivity contribution is 0.0951. The molecule has 1 aromatic heterocycles. The van der Waals surface area contributed by atoms with E-state index in [1.54, 1.807) is 24.5 Å². The highest BCUT2D eigenvalue weighted by atomic mass is 16.1. The van der Waals surface area contributed by atoms with Gasteiger partial charge in [0.1, 0.15) is 0 Å². The summed E-state index contributed by atoms with van der Waals surface area (Å²) < 4.78 is 0. The zero-order valence-corrected chi connectivity index (χ0v) is 13.2. The molecule has 2 aromatic rings. The molecule has 0 saturated carbocycles. The topological polar surface area (TPSA) is 45.2 Å². The number of hydrogen-bond donors (Lipinski definition) is 1. The third-order valence-electron chi connectivity index (χ3n) is 3.72. The first-order valence-corrected chi connectivity index (χ1v) is 7.71. The maximum Gasteiger partial charge on any atom is 0.251 e. The molecule has 22 heavy (non-hydrogen) atoms. The first kappa shape index (κ1) is 16.2. The Labute approximate surface area is 132 Å². The minimum absolute atomic E-state index is 0.0744. The Bertz CT molecular complexity index is 577. The number of rotatable bonds is 7. The minimum atomic E-state index is -0.0744. The van der Waals surface area contributed by atoms with Crippen molar-refractivity contribution >= 4 is 5.91 Å². The van der Waals surface area contributed by atoms with Crippen LogP contribution < -0.4 is 5.32 Å². The summed E-state index contributed by atoms with van der Waals surface area (Å²) in [6, 6.07) is 11.8. The van der Waals surface area contributed by atoms with Crippen molar-refractivity contribution in [2.45, 2.75) is 26.9 Å². The predicted octanol–water partition coefficient (Wildman–Crippen LogP) is 2.85. The summed E-state index contributed by atoms with van der Waals surface area (Å²) in [5.41, 5.74) is 3.03. The molecule has 1 N–H and O–H groups in total. The minimum Gasteiger partial charge on any atom is -0.348 e. The molecule has 4 heteroatoms. The number of carbonyl (C=O) groups excluding carboxylic acids is 1. The maximum absolute atomic E-state index is 12.0. The molecule has 0 fully saturated rings. The van der Waals surface area contributed by atoms with Gasteiger partial charge in [-0.25, -0.2) is 0 Å². The van der Waals surface area contributed by atoms with Gasteiger partial charge in [0.25, 0.3) is 5.91 Å². The standard InChI is InChI=1S/C18H23N3O/c1-3-21(4-2)14-16-7-5-15(6-8-16)13-20-18(22)17-9-11-19-12-10-17/h5-12H,3-4,13-14H2,1-2H3,(H,20,22). The molecular weight excluding hydrogens is 274 g/mol. The van der Waals surface area contributed by atoms with Crippen molar-refractivity contribution < 1.29 is 4.79 Å². The third kappa shape index (κ3) is 4.67. The van der Waals surface area contributed by atoms with E-state index in [4.69, 9.17) is 0 Å². The molecule has 1 amide bonds. The van der Waals surface area contributed by atoms with Crippen molar-refractivity contribution in [3.63, 3.8) is 0 Å². The van der Waals surface area contributed by atoms with Crippen molar-refractivity contribution in [3.8, 4) is 0 Å². The molecule has 0 spiro atoms. The van der Waals surface area contributed by atoms with E-state index < -0.39 is 0 Å². The van der Waals surface area contributed by atoms with Gasteiger partial charge in [0.15, 0.2) is 0 Å². The molecule has 4 nitrogen and oxygen atoms in total. The van der Waals surface area contributed by atoms with E-state index in [1.165, 1.54) is 5.56 Å². The second kappa shape index (κ2) is 8.29. The number of nitrogens with one attached hydrogen (secondary N) is 1. The van der Waals surface area contributed by atoms with Gasteiger partial charge in [-0.05, 0) is 36.3 Å². The van der Waals surface area contributed by atoms with E-state index in [2.05, 4.69) is 53.3 Å². The number of pyridine rings is 1. The Hall–Kier alpha value is -2.20. The van der Waals surface area contributed by atoms with E-state index in [-0.39, 0.29) is 5.91 Å². The van der Waals surface area contributed by atoms with Gasteiger partial charge in [-0.2, -0.15) is 0 Å². The van der Waals surface area contributed by atoms with Crippen LogP contribution in [0, 0.1) is 0 Å². The molecule has 0 bridgehead atoms. The Kier molecular flexibility index (Phi) is 6.10. The first-order valence-electron chi connectivity index (χ1n) is 7.71. The smallest absolute Gasteiger partial charge is 0.251 e. The van der Waals surface area contributed by atoms with Crippen LogP contribution >= 0.6 is 0 Å². The largest absolute Gasteiger partial charge is 0.348 e. The zero-order chi connectivity index (χ0) is 15.8. The van der Waals surface area contributed by atoms with E-state index in [1.807, 2.05) is 0 Å². The summed E-state index contributed by atoms with van der Waals surface area (Å²) in [5.74, 6) is -0.0744. The number of benzene rings is 1. The molecule has 2 rings (SSSR count). The highest BCUT2D eigenvalue weighted by Gasteiger charge is 2.05. The van der Waals surface area contributed by atoms with Crippen LogP contribution in [-0.4, -0.2) is 28.9 Å². The molecule has 0 radical (unpaired) electrons. The Morgan fingerprint density at radius 1 is 1.00 bits per heavy atom. The number of aromatic nitrogens is 1. The first-order chi connectivity index (χ1) is 10.7. The van der Waals surface area contributed by atoms with E-state index in [9.17, 15) is 4.79 Å². The molecule has 0 aliphatic carbocycles. The predicted molar refractivity (Wildman–Crippen MR) is 88.5 cm³/mol. The van der Waals surface area contributed by atoms with Gasteiger partial charge in [0.05, 0.1) is 0 Å². The van der Waals surface area contributed by atoms with Crippen molar-refractivity contribution in [3.05, 3.63) is 65.5 Å². The van der Waals surface area contributed by atoms with Gasteiger partial charge in [0, 0.05) is 31.0 Å². The van der Waals surface area contributed by atoms with Gasteiger partial charge < -0.3 is 5.32 Å². The van der Waals surface area contributed by atoms with Crippen LogP contribution in [-0.2, 0) is 13.1 Å². The van der Waals surface area contributed by atoms with Crippen LogP contribution in [0.1, 0.15) is 35.3 Å². The van der Waals surface area contributed by atoms with E-state index >= 15 is 0 Å². The average Bonchev–Trinajstić information content (AvgIpc) is 2.59. The summed E-state index contributed by atoms with van der Waals surface area (Å²) in [7, 11) is 0. The number of amides is 1. The van der Waals surface area contributed by atoms with Gasteiger partial charge in [-0.3, -0.25) is 14.7 Å². The fourth-order valence-electron chi connectivity index (χ4n) is 2.26. The van der Waals surface area contributed by atoms with E-state index in [0.29, 0.717) is 12.1 Å². The summed E-state index contributed by atoms with van der Waals surface area (Å²) >= 11 is 0. The molecule has 0 saturated heterocycles. The van der Waals surface area contributed by atoms with Crippen LogP contribution in [0.3, 0.4) is 0 Å². The summed E-state index contributed by atoms with van der Waals surface area (Å²) in [5, 5.41) is 2.92. The highest BCUT2D eigenvalue weighted by Crippen LogP contribution is 2.08. The SMILES string of the molecule is CCN(CC)Cc1ccc(CNC(=O)c2ccncc2)cc1. The Balaban J connectivity index is 1.87. The number of carbonyl (C=O) groups is 1. The van der Waals surface area contributed by atoms with Crippen molar-refractivity contribution in [2.24, 2.45) is 0 Å². The second-order valence-corrected chi connectivity index (χ2v) is 5.20.